The van der Waals surface area contributed by atoms with Crippen LogP contribution in [0.25, 0.3) is 11.5 Å². The zero-order chi connectivity index (χ0) is 18.1. The molecule has 132 valence electrons. The molecular weight excluding hydrogens is 356 g/mol. The summed E-state index contributed by atoms with van der Waals surface area (Å²) in [6.45, 7) is 0.435. The number of halogens is 1. The molecular formula is C18H15ClN4O3. The Morgan fingerprint density at radius 3 is 2.85 bits per heavy atom. The molecule has 0 saturated carbocycles. The van der Waals surface area contributed by atoms with Gasteiger partial charge in [0.05, 0.1) is 12.8 Å². The van der Waals surface area contributed by atoms with Gasteiger partial charge in [-0.1, -0.05) is 16.8 Å². The number of hydrogen-bond acceptors (Lipinski definition) is 6. The van der Waals surface area contributed by atoms with Crippen molar-refractivity contribution in [1.82, 2.24) is 15.1 Å². The first-order chi connectivity index (χ1) is 12.7. The van der Waals surface area contributed by atoms with Crippen molar-refractivity contribution in [3.05, 3.63) is 53.6 Å². The molecule has 1 aromatic carbocycles. The number of ether oxygens (including phenoxy) is 1. The average Bonchev–Trinajstić information content (AvgIpc) is 3.29. The van der Waals surface area contributed by atoms with Crippen LogP contribution in [-0.4, -0.2) is 34.7 Å². The second kappa shape index (κ2) is 6.76. The number of rotatable bonds is 4. The van der Waals surface area contributed by atoms with Gasteiger partial charge in [-0.2, -0.15) is 4.98 Å². The Balaban J connectivity index is 1.59. The second-order valence-electron chi connectivity index (χ2n) is 5.92. The third kappa shape index (κ3) is 3.01. The van der Waals surface area contributed by atoms with Gasteiger partial charge in [0.15, 0.2) is 5.82 Å². The molecule has 8 heteroatoms. The number of amides is 1. The highest BCUT2D eigenvalue weighted by atomic mass is 35.5. The van der Waals surface area contributed by atoms with E-state index in [1.807, 2.05) is 0 Å². The Morgan fingerprint density at radius 2 is 2.08 bits per heavy atom. The molecule has 1 aliphatic heterocycles. The van der Waals surface area contributed by atoms with E-state index >= 15 is 0 Å². The fourth-order valence-electron chi connectivity index (χ4n) is 3.00. The van der Waals surface area contributed by atoms with Crippen LogP contribution in [0.5, 0.6) is 5.75 Å². The smallest absolute Gasteiger partial charge is 0.258 e. The van der Waals surface area contributed by atoms with Crippen molar-refractivity contribution in [2.45, 2.75) is 12.3 Å². The van der Waals surface area contributed by atoms with Crippen LogP contribution in [-0.2, 0) is 4.79 Å². The Labute approximate surface area is 154 Å². The maximum atomic E-state index is 12.5. The summed E-state index contributed by atoms with van der Waals surface area (Å²) in [4.78, 5) is 22.6. The van der Waals surface area contributed by atoms with Crippen LogP contribution in [0.3, 0.4) is 0 Å². The normalized spacial score (nSPS) is 16.9. The van der Waals surface area contributed by atoms with Crippen LogP contribution in [0.2, 0.25) is 5.02 Å². The van der Waals surface area contributed by atoms with Gasteiger partial charge >= 0.3 is 0 Å². The number of carbonyl (C=O) groups excluding carboxylic acids is 1. The predicted molar refractivity (Wildman–Crippen MR) is 95.2 cm³/mol. The van der Waals surface area contributed by atoms with E-state index in [0.29, 0.717) is 41.1 Å². The van der Waals surface area contributed by atoms with Crippen molar-refractivity contribution in [1.29, 1.82) is 0 Å². The van der Waals surface area contributed by atoms with Gasteiger partial charge < -0.3 is 14.2 Å². The molecule has 0 spiro atoms. The lowest BCUT2D eigenvalue weighted by Crippen LogP contribution is -2.24. The molecule has 1 unspecified atom stereocenters. The van der Waals surface area contributed by atoms with Gasteiger partial charge in [-0.25, -0.2) is 0 Å². The van der Waals surface area contributed by atoms with Crippen LogP contribution in [0.4, 0.5) is 5.69 Å². The minimum Gasteiger partial charge on any atom is -0.495 e. The van der Waals surface area contributed by atoms with E-state index in [-0.39, 0.29) is 11.8 Å². The van der Waals surface area contributed by atoms with Gasteiger partial charge in [0.2, 0.25) is 5.91 Å². The lowest BCUT2D eigenvalue weighted by atomic mass is 10.1. The Morgan fingerprint density at radius 1 is 1.27 bits per heavy atom. The monoisotopic (exact) mass is 370 g/mol. The molecule has 3 heterocycles. The summed E-state index contributed by atoms with van der Waals surface area (Å²) in [5.74, 6) is 1.31. The van der Waals surface area contributed by atoms with Crippen LogP contribution < -0.4 is 9.64 Å². The predicted octanol–water partition coefficient (Wildman–Crippen LogP) is 3.31. The van der Waals surface area contributed by atoms with E-state index in [4.69, 9.17) is 20.9 Å². The van der Waals surface area contributed by atoms with Crippen molar-refractivity contribution in [2.75, 3.05) is 18.6 Å². The molecule has 1 fully saturated rings. The summed E-state index contributed by atoms with van der Waals surface area (Å²) in [6, 6.07) is 8.77. The summed E-state index contributed by atoms with van der Waals surface area (Å²) in [5.41, 5.74) is 1.43. The van der Waals surface area contributed by atoms with Crippen LogP contribution >= 0.6 is 11.6 Å². The molecule has 3 aromatic rings. The minimum atomic E-state index is -0.162. The summed E-state index contributed by atoms with van der Waals surface area (Å²) in [6.07, 6.45) is 3.61. The van der Waals surface area contributed by atoms with Gasteiger partial charge in [0.1, 0.15) is 5.75 Å². The quantitative estimate of drug-likeness (QED) is 0.700. The summed E-state index contributed by atoms with van der Waals surface area (Å²) in [5, 5.41) is 4.59. The lowest BCUT2D eigenvalue weighted by Gasteiger charge is -2.19. The Bertz CT molecular complexity index is 945. The first-order valence-electron chi connectivity index (χ1n) is 8.03. The highest BCUT2D eigenvalue weighted by molar-refractivity contribution is 6.31. The maximum Gasteiger partial charge on any atom is 0.258 e. The van der Waals surface area contributed by atoms with Gasteiger partial charge in [0.25, 0.3) is 5.89 Å². The molecule has 1 aliphatic rings. The molecule has 1 saturated heterocycles. The third-order valence-electron chi connectivity index (χ3n) is 4.29. The number of anilines is 1. The molecule has 0 N–H and O–H groups in total. The number of hydrogen-bond donors (Lipinski definition) is 0. The molecule has 4 rings (SSSR count). The van der Waals surface area contributed by atoms with E-state index in [2.05, 4.69) is 15.1 Å². The first kappa shape index (κ1) is 16.5. The highest BCUT2D eigenvalue weighted by Crippen LogP contribution is 2.37. The Hall–Kier alpha value is -2.93. The Kier molecular flexibility index (Phi) is 4.30. The second-order valence-corrected chi connectivity index (χ2v) is 6.35. The van der Waals surface area contributed by atoms with Gasteiger partial charge in [-0.15, -0.1) is 0 Å². The number of pyridine rings is 1. The van der Waals surface area contributed by atoms with E-state index < -0.39 is 0 Å². The van der Waals surface area contributed by atoms with Crippen molar-refractivity contribution in [3.8, 4) is 17.2 Å². The van der Waals surface area contributed by atoms with Crippen LogP contribution in [0.15, 0.2) is 47.2 Å². The SMILES string of the molecule is COc1ccc(Cl)cc1N1CC(c2noc(-c3ccncc3)n2)CC1=O. The lowest BCUT2D eigenvalue weighted by molar-refractivity contribution is -0.117. The molecule has 0 aliphatic carbocycles. The summed E-state index contributed by atoms with van der Waals surface area (Å²) < 4.78 is 10.7. The maximum absolute atomic E-state index is 12.5. The van der Waals surface area contributed by atoms with Gasteiger partial charge in [0, 0.05) is 41.9 Å². The van der Waals surface area contributed by atoms with E-state index in [9.17, 15) is 4.79 Å². The summed E-state index contributed by atoms with van der Waals surface area (Å²) >= 11 is 6.09. The molecule has 1 atom stereocenters. The van der Waals surface area contributed by atoms with Crippen molar-refractivity contribution >= 4 is 23.2 Å². The van der Waals surface area contributed by atoms with Crippen molar-refractivity contribution in [3.63, 3.8) is 0 Å². The zero-order valence-corrected chi connectivity index (χ0v) is 14.7. The third-order valence-corrected chi connectivity index (χ3v) is 4.53. The highest BCUT2D eigenvalue weighted by Gasteiger charge is 2.36. The fraction of sp³-hybridized carbons (Fsp3) is 0.222. The van der Waals surface area contributed by atoms with Gasteiger partial charge in [-0.05, 0) is 30.3 Å². The molecule has 2 aromatic heterocycles. The molecule has 0 radical (unpaired) electrons. The van der Waals surface area contributed by atoms with Crippen molar-refractivity contribution in [2.24, 2.45) is 0 Å². The standard InChI is InChI=1S/C18H15ClN4O3/c1-25-15-3-2-13(19)9-14(15)23-10-12(8-16(23)24)17-21-18(26-22-17)11-4-6-20-7-5-11/h2-7,9,12H,8,10H2,1H3. The molecule has 1 amide bonds. The number of carbonyl (C=O) groups is 1. The zero-order valence-electron chi connectivity index (χ0n) is 13.9. The number of methoxy groups -OCH3 is 1. The average molecular weight is 371 g/mol. The number of benzene rings is 1. The molecule has 26 heavy (non-hydrogen) atoms. The molecule has 0 bridgehead atoms. The first-order valence-corrected chi connectivity index (χ1v) is 8.41. The molecule has 7 nitrogen and oxygen atoms in total. The minimum absolute atomic E-state index is 0.0363. The summed E-state index contributed by atoms with van der Waals surface area (Å²) in [7, 11) is 1.56. The number of nitrogens with zero attached hydrogens (tertiary/aromatic N) is 4. The van der Waals surface area contributed by atoms with E-state index in [1.165, 1.54) is 0 Å². The fourth-order valence-corrected chi connectivity index (χ4v) is 3.17. The van der Waals surface area contributed by atoms with E-state index in [1.54, 1.807) is 54.7 Å². The van der Waals surface area contributed by atoms with E-state index in [0.717, 1.165) is 5.56 Å². The topological polar surface area (TPSA) is 81.3 Å². The van der Waals surface area contributed by atoms with Crippen LogP contribution in [0, 0.1) is 0 Å². The van der Waals surface area contributed by atoms with Crippen molar-refractivity contribution < 1.29 is 14.1 Å². The largest absolute Gasteiger partial charge is 0.495 e. The number of aromatic nitrogens is 3. The van der Waals surface area contributed by atoms with Crippen LogP contribution in [0.1, 0.15) is 18.2 Å². The van der Waals surface area contributed by atoms with Gasteiger partial charge in [-0.3, -0.25) is 9.78 Å².